The number of rotatable bonds is 6. The molecule has 0 spiro atoms. The molecule has 10 nitrogen and oxygen atoms in total. The van der Waals surface area contributed by atoms with Crippen LogP contribution < -0.4 is 9.47 Å². The predicted octanol–water partition coefficient (Wildman–Crippen LogP) is 4.13. The van der Waals surface area contributed by atoms with Crippen LogP contribution in [0.25, 0.3) is 12.2 Å². The lowest BCUT2D eigenvalue weighted by molar-refractivity contribution is -0.268. The maximum Gasteiger partial charge on any atom is 0.308 e. The lowest BCUT2D eigenvalue weighted by Gasteiger charge is -2.39. The molecule has 3 aromatic rings. The van der Waals surface area contributed by atoms with Crippen LogP contribution in [0.5, 0.6) is 17.2 Å². The van der Waals surface area contributed by atoms with Gasteiger partial charge >= 0.3 is 5.97 Å². The first-order chi connectivity index (χ1) is 21.6. The number of aliphatic hydroxyl groups is 3. The minimum absolute atomic E-state index is 0.00137. The van der Waals surface area contributed by atoms with Gasteiger partial charge in [0.05, 0.1) is 11.7 Å². The molecule has 1 saturated heterocycles. The molecule has 6 rings (SSSR count). The molecule has 1 saturated carbocycles. The summed E-state index contributed by atoms with van der Waals surface area (Å²) >= 11 is 0. The smallest absolute Gasteiger partial charge is 0.308 e. The van der Waals surface area contributed by atoms with Gasteiger partial charge in [0.25, 0.3) is 0 Å². The van der Waals surface area contributed by atoms with Crippen LogP contribution in [-0.2, 0) is 9.53 Å². The highest BCUT2D eigenvalue weighted by molar-refractivity contribution is 6.31. The third kappa shape index (κ3) is 5.55. The number of benzene rings is 3. The number of ketones is 2. The van der Waals surface area contributed by atoms with Crippen molar-refractivity contribution in [1.29, 1.82) is 0 Å². The second-order valence-corrected chi connectivity index (χ2v) is 11.7. The van der Waals surface area contributed by atoms with Gasteiger partial charge < -0.3 is 34.6 Å². The molecule has 45 heavy (non-hydrogen) atoms. The number of aromatic hydroxyl groups is 1. The number of fused-ring (bicyclic) bond motifs is 2. The summed E-state index contributed by atoms with van der Waals surface area (Å²) in [4.78, 5) is 40.4. The summed E-state index contributed by atoms with van der Waals surface area (Å²) < 4.78 is 17.2. The number of phenolic OH excluding ortho intramolecular Hbond substituents is 1. The highest BCUT2D eigenvalue weighted by atomic mass is 16.7. The summed E-state index contributed by atoms with van der Waals surface area (Å²) in [6, 6.07) is 13.5. The second kappa shape index (κ2) is 12.2. The minimum Gasteiger partial charge on any atom is -0.507 e. The van der Waals surface area contributed by atoms with E-state index in [1.165, 1.54) is 32.0 Å². The van der Waals surface area contributed by atoms with Crippen molar-refractivity contribution in [1.82, 2.24) is 0 Å². The van der Waals surface area contributed by atoms with E-state index in [1.807, 2.05) is 30.3 Å². The van der Waals surface area contributed by atoms with Crippen LogP contribution in [0.2, 0.25) is 0 Å². The Morgan fingerprint density at radius 1 is 0.867 bits per heavy atom. The van der Waals surface area contributed by atoms with Crippen LogP contribution in [0, 0.1) is 0 Å². The first-order valence-electron chi connectivity index (χ1n) is 15.0. The van der Waals surface area contributed by atoms with Crippen molar-refractivity contribution in [3.8, 4) is 17.2 Å². The van der Waals surface area contributed by atoms with Gasteiger partial charge in [0.2, 0.25) is 6.29 Å². The largest absolute Gasteiger partial charge is 0.507 e. The highest BCUT2D eigenvalue weighted by Gasteiger charge is 2.45. The molecular weight excluding hydrogens is 580 g/mol. The van der Waals surface area contributed by atoms with E-state index in [-0.39, 0.29) is 51.0 Å². The zero-order valence-electron chi connectivity index (χ0n) is 24.8. The Labute approximate surface area is 259 Å². The molecule has 3 aromatic carbocycles. The molecule has 1 heterocycles. The van der Waals surface area contributed by atoms with E-state index in [4.69, 9.17) is 14.2 Å². The molecule has 2 fully saturated rings. The number of hydrogen-bond acceptors (Lipinski definition) is 10. The van der Waals surface area contributed by atoms with Crippen molar-refractivity contribution in [3.63, 3.8) is 0 Å². The Morgan fingerprint density at radius 2 is 1.56 bits per heavy atom. The maximum absolute atomic E-state index is 14.3. The van der Waals surface area contributed by atoms with Crippen molar-refractivity contribution in [3.05, 3.63) is 87.5 Å². The Kier molecular flexibility index (Phi) is 8.32. The van der Waals surface area contributed by atoms with Gasteiger partial charge in [0.1, 0.15) is 35.6 Å². The van der Waals surface area contributed by atoms with E-state index >= 15 is 0 Å². The fraction of sp³-hybridized carbons (Fsp3) is 0.343. The summed E-state index contributed by atoms with van der Waals surface area (Å²) in [6.07, 6.45) is -0.356. The molecule has 1 aliphatic heterocycles. The van der Waals surface area contributed by atoms with Gasteiger partial charge in [-0.3, -0.25) is 14.4 Å². The van der Waals surface area contributed by atoms with Crippen LogP contribution in [0.4, 0.5) is 0 Å². The maximum atomic E-state index is 14.3. The molecule has 0 aromatic heterocycles. The number of esters is 1. The molecule has 234 valence electrons. The summed E-state index contributed by atoms with van der Waals surface area (Å²) in [6.45, 7) is 2.75. The zero-order valence-corrected chi connectivity index (χ0v) is 24.8. The van der Waals surface area contributed by atoms with Crippen molar-refractivity contribution < 1.29 is 49.0 Å². The molecule has 0 bridgehead atoms. The topological polar surface area (TPSA) is 160 Å². The fourth-order valence-corrected chi connectivity index (χ4v) is 6.47. The second-order valence-electron chi connectivity index (χ2n) is 11.7. The van der Waals surface area contributed by atoms with E-state index in [0.29, 0.717) is 18.4 Å². The predicted molar refractivity (Wildman–Crippen MR) is 162 cm³/mol. The van der Waals surface area contributed by atoms with Gasteiger partial charge in [-0.05, 0) is 55.5 Å². The molecule has 5 atom stereocenters. The normalized spacial score (nSPS) is 24.9. The van der Waals surface area contributed by atoms with Crippen LogP contribution in [0.3, 0.4) is 0 Å². The molecule has 4 N–H and O–H groups in total. The Hall–Kier alpha value is -4.35. The van der Waals surface area contributed by atoms with Crippen molar-refractivity contribution in [2.24, 2.45) is 0 Å². The van der Waals surface area contributed by atoms with E-state index in [1.54, 1.807) is 12.2 Å². The van der Waals surface area contributed by atoms with Gasteiger partial charge in [-0.15, -0.1) is 0 Å². The van der Waals surface area contributed by atoms with E-state index in [9.17, 15) is 34.8 Å². The number of hydrogen-bond donors (Lipinski definition) is 4. The quantitative estimate of drug-likeness (QED) is 0.141. The fourth-order valence-electron chi connectivity index (χ4n) is 6.47. The number of carbonyl (C=O) groups excluding carboxylic acids is 3. The van der Waals surface area contributed by atoms with Gasteiger partial charge in [0.15, 0.2) is 11.6 Å². The first kappa shape index (κ1) is 30.7. The van der Waals surface area contributed by atoms with Crippen molar-refractivity contribution in [2.45, 2.75) is 76.2 Å². The summed E-state index contributed by atoms with van der Waals surface area (Å²) in [5.41, 5.74) is 1.10. The summed E-state index contributed by atoms with van der Waals surface area (Å²) in [5, 5.41) is 42.9. The van der Waals surface area contributed by atoms with E-state index in [0.717, 1.165) is 18.4 Å². The van der Waals surface area contributed by atoms with Crippen LogP contribution in [0.1, 0.15) is 94.0 Å². The van der Waals surface area contributed by atoms with Gasteiger partial charge in [-0.2, -0.15) is 0 Å². The SMILES string of the molecule is CC(=O)Oc1ccc2c(c1C=Cc1ccccc1)C(=O)c1cc(O[C@H]3O[C@H](C)[C@@H](O)[C@@H](O)[C@H]3O)c(C3CCCC3)c(O)c1C2=O. The molecule has 0 unspecified atom stereocenters. The van der Waals surface area contributed by atoms with Crippen LogP contribution in [-0.4, -0.2) is 68.7 Å². The minimum atomic E-state index is -1.63. The zero-order chi connectivity index (χ0) is 32.0. The molecule has 3 aliphatic rings. The number of phenols is 1. The standard InChI is InChI=1S/C35H34O10/c1-17-29(37)33(41)34(42)35(43-17)45-25-16-23-28(32(40)26(25)20-10-6-7-11-20)30(38)22-14-15-24(44-18(2)36)21(27(22)31(23)39)13-12-19-8-4-3-5-9-19/h3-5,8-9,12-17,20,29,33-35,37,40-42H,6-7,10-11H2,1-2H3/t17-,29-,33-,34-,35-/m1/s1. The van der Waals surface area contributed by atoms with Gasteiger partial charge in [0, 0.05) is 34.7 Å². The lowest BCUT2D eigenvalue weighted by atomic mass is 9.78. The molecule has 2 aliphatic carbocycles. The van der Waals surface area contributed by atoms with Crippen LogP contribution >= 0.6 is 0 Å². The monoisotopic (exact) mass is 614 g/mol. The highest BCUT2D eigenvalue weighted by Crippen LogP contribution is 2.49. The van der Waals surface area contributed by atoms with Crippen molar-refractivity contribution in [2.75, 3.05) is 0 Å². The lowest BCUT2D eigenvalue weighted by Crippen LogP contribution is -2.58. The molecule has 0 radical (unpaired) electrons. The molecule has 10 heteroatoms. The summed E-state index contributed by atoms with van der Waals surface area (Å²) in [7, 11) is 0. The number of aliphatic hydroxyl groups excluding tert-OH is 3. The average molecular weight is 615 g/mol. The Bertz CT molecular complexity index is 1690. The van der Waals surface area contributed by atoms with Crippen LogP contribution in [0.15, 0.2) is 48.5 Å². The van der Waals surface area contributed by atoms with E-state index < -0.39 is 48.2 Å². The van der Waals surface area contributed by atoms with Gasteiger partial charge in [-0.1, -0.05) is 49.2 Å². The van der Waals surface area contributed by atoms with E-state index in [2.05, 4.69) is 0 Å². The first-order valence-corrected chi connectivity index (χ1v) is 15.0. The summed E-state index contributed by atoms with van der Waals surface area (Å²) in [5.74, 6) is -2.26. The average Bonchev–Trinajstić information content (AvgIpc) is 3.55. The number of ether oxygens (including phenoxy) is 3. The van der Waals surface area contributed by atoms with Crippen molar-refractivity contribution >= 4 is 29.7 Å². The Balaban J connectivity index is 1.50. The van der Waals surface area contributed by atoms with Gasteiger partial charge in [-0.25, -0.2) is 0 Å². The third-order valence-electron chi connectivity index (χ3n) is 8.76. The third-order valence-corrected chi connectivity index (χ3v) is 8.76. The molecule has 0 amide bonds. The Morgan fingerprint density at radius 3 is 2.24 bits per heavy atom. The molecular formula is C35H34O10. The number of carbonyl (C=O) groups is 3.